The normalized spacial score (nSPS) is 14.9. The summed E-state index contributed by atoms with van der Waals surface area (Å²) >= 11 is 0. The van der Waals surface area contributed by atoms with Crippen molar-refractivity contribution in [2.75, 3.05) is 19.6 Å². The van der Waals surface area contributed by atoms with E-state index in [0.717, 1.165) is 31.9 Å². The van der Waals surface area contributed by atoms with Crippen molar-refractivity contribution in [3.63, 3.8) is 0 Å². The molecule has 104 valence electrons. The first-order valence-electron chi connectivity index (χ1n) is 7.16. The number of hydrogen-bond donors (Lipinski definition) is 1. The van der Waals surface area contributed by atoms with Gasteiger partial charge in [0, 0.05) is 6.04 Å². The molecule has 0 saturated carbocycles. The fourth-order valence-corrected chi connectivity index (χ4v) is 2.18. The zero-order chi connectivity index (χ0) is 13.4. The van der Waals surface area contributed by atoms with Crippen molar-refractivity contribution in [2.45, 2.75) is 46.7 Å². The molecule has 0 bridgehead atoms. The summed E-state index contributed by atoms with van der Waals surface area (Å²) in [7, 11) is 0. The Balaban J connectivity index is 2.42. The maximum absolute atomic E-state index is 5.44. The molecule has 3 heteroatoms. The molecule has 0 aliphatic carbocycles. The first-order chi connectivity index (χ1) is 8.69. The molecular formula is C15H28N2O. The molecular weight excluding hydrogens is 224 g/mol. The molecule has 1 aromatic heterocycles. The van der Waals surface area contributed by atoms with Gasteiger partial charge in [0.25, 0.3) is 0 Å². The molecule has 1 rings (SSSR count). The summed E-state index contributed by atoms with van der Waals surface area (Å²) in [6.45, 7) is 13.2. The Labute approximate surface area is 112 Å². The third kappa shape index (κ3) is 4.83. The highest BCUT2D eigenvalue weighted by Gasteiger charge is 2.19. The van der Waals surface area contributed by atoms with E-state index in [1.165, 1.54) is 6.42 Å². The molecule has 2 atom stereocenters. The van der Waals surface area contributed by atoms with E-state index >= 15 is 0 Å². The van der Waals surface area contributed by atoms with Crippen LogP contribution in [0.2, 0.25) is 0 Å². The molecule has 0 radical (unpaired) electrons. The smallest absolute Gasteiger partial charge is 0.117 e. The van der Waals surface area contributed by atoms with Gasteiger partial charge in [0.15, 0.2) is 0 Å². The minimum atomic E-state index is 0.560. The van der Waals surface area contributed by atoms with Crippen LogP contribution in [0.5, 0.6) is 0 Å². The molecule has 0 spiro atoms. The SMILES string of the molecule is CCCNCC(C)C(C)N(CC)Cc1ccco1. The summed E-state index contributed by atoms with van der Waals surface area (Å²) in [5.41, 5.74) is 0. The maximum atomic E-state index is 5.44. The van der Waals surface area contributed by atoms with Crippen molar-refractivity contribution in [3.05, 3.63) is 24.2 Å². The molecule has 0 fully saturated rings. The Hall–Kier alpha value is -0.800. The zero-order valence-electron chi connectivity index (χ0n) is 12.3. The second kappa shape index (κ2) is 8.33. The number of rotatable bonds is 9. The van der Waals surface area contributed by atoms with Gasteiger partial charge < -0.3 is 9.73 Å². The van der Waals surface area contributed by atoms with Crippen LogP contribution in [0.4, 0.5) is 0 Å². The van der Waals surface area contributed by atoms with Gasteiger partial charge in [0.2, 0.25) is 0 Å². The second-order valence-corrected chi connectivity index (χ2v) is 5.06. The van der Waals surface area contributed by atoms with Crippen molar-refractivity contribution < 1.29 is 4.42 Å². The van der Waals surface area contributed by atoms with Crippen molar-refractivity contribution >= 4 is 0 Å². The Morgan fingerprint density at radius 2 is 2.11 bits per heavy atom. The fourth-order valence-electron chi connectivity index (χ4n) is 2.18. The van der Waals surface area contributed by atoms with E-state index < -0.39 is 0 Å². The van der Waals surface area contributed by atoms with Gasteiger partial charge in [-0.2, -0.15) is 0 Å². The minimum absolute atomic E-state index is 0.560. The first-order valence-corrected chi connectivity index (χ1v) is 7.16. The number of nitrogens with zero attached hydrogens (tertiary/aromatic N) is 1. The van der Waals surface area contributed by atoms with Crippen LogP contribution in [-0.2, 0) is 6.54 Å². The van der Waals surface area contributed by atoms with E-state index in [2.05, 4.69) is 44.0 Å². The third-order valence-electron chi connectivity index (χ3n) is 3.64. The Morgan fingerprint density at radius 3 is 2.67 bits per heavy atom. The van der Waals surface area contributed by atoms with Gasteiger partial charge in [-0.15, -0.1) is 0 Å². The van der Waals surface area contributed by atoms with Crippen molar-refractivity contribution in [3.8, 4) is 0 Å². The highest BCUT2D eigenvalue weighted by Crippen LogP contribution is 2.14. The molecule has 0 aromatic carbocycles. The van der Waals surface area contributed by atoms with Gasteiger partial charge in [-0.3, -0.25) is 4.90 Å². The maximum Gasteiger partial charge on any atom is 0.117 e. The van der Waals surface area contributed by atoms with Crippen molar-refractivity contribution in [2.24, 2.45) is 5.92 Å². The van der Waals surface area contributed by atoms with Crippen LogP contribution >= 0.6 is 0 Å². The Morgan fingerprint density at radius 1 is 1.33 bits per heavy atom. The highest BCUT2D eigenvalue weighted by atomic mass is 16.3. The molecule has 2 unspecified atom stereocenters. The second-order valence-electron chi connectivity index (χ2n) is 5.06. The molecule has 3 nitrogen and oxygen atoms in total. The van der Waals surface area contributed by atoms with E-state index in [4.69, 9.17) is 4.42 Å². The van der Waals surface area contributed by atoms with Gasteiger partial charge in [0.1, 0.15) is 5.76 Å². The van der Waals surface area contributed by atoms with Crippen LogP contribution in [-0.4, -0.2) is 30.6 Å². The zero-order valence-corrected chi connectivity index (χ0v) is 12.3. The first kappa shape index (κ1) is 15.3. The molecule has 0 aliphatic rings. The van der Waals surface area contributed by atoms with E-state index in [1.54, 1.807) is 6.26 Å². The third-order valence-corrected chi connectivity index (χ3v) is 3.64. The van der Waals surface area contributed by atoms with Crippen LogP contribution in [0.15, 0.2) is 22.8 Å². The van der Waals surface area contributed by atoms with Crippen LogP contribution in [0.25, 0.3) is 0 Å². The largest absolute Gasteiger partial charge is 0.468 e. The number of hydrogen-bond acceptors (Lipinski definition) is 3. The van der Waals surface area contributed by atoms with Gasteiger partial charge in [0.05, 0.1) is 12.8 Å². The average Bonchev–Trinajstić information content (AvgIpc) is 2.88. The molecule has 0 saturated heterocycles. The Bertz CT molecular complexity index is 297. The summed E-state index contributed by atoms with van der Waals surface area (Å²) < 4.78 is 5.44. The monoisotopic (exact) mass is 252 g/mol. The summed E-state index contributed by atoms with van der Waals surface area (Å²) in [4.78, 5) is 2.47. The minimum Gasteiger partial charge on any atom is -0.468 e. The average molecular weight is 252 g/mol. The van der Waals surface area contributed by atoms with Crippen LogP contribution < -0.4 is 5.32 Å². The van der Waals surface area contributed by atoms with E-state index in [0.29, 0.717) is 12.0 Å². The molecule has 1 N–H and O–H groups in total. The summed E-state index contributed by atoms with van der Waals surface area (Å²) in [5.74, 6) is 1.70. The van der Waals surface area contributed by atoms with Gasteiger partial charge in [-0.1, -0.05) is 20.8 Å². The highest BCUT2D eigenvalue weighted by molar-refractivity contribution is 4.98. The molecule has 1 aromatic rings. The quantitative estimate of drug-likeness (QED) is 0.684. The lowest BCUT2D eigenvalue weighted by Crippen LogP contribution is -2.40. The lowest BCUT2D eigenvalue weighted by molar-refractivity contribution is 0.149. The number of furan rings is 1. The Kier molecular flexibility index (Phi) is 7.06. The summed E-state index contributed by atoms with van der Waals surface area (Å²) in [6.07, 6.45) is 2.95. The topological polar surface area (TPSA) is 28.4 Å². The van der Waals surface area contributed by atoms with Crippen molar-refractivity contribution in [1.29, 1.82) is 0 Å². The summed E-state index contributed by atoms with van der Waals surface area (Å²) in [5, 5.41) is 3.50. The van der Waals surface area contributed by atoms with E-state index in [9.17, 15) is 0 Å². The van der Waals surface area contributed by atoms with Crippen LogP contribution in [0.3, 0.4) is 0 Å². The lowest BCUT2D eigenvalue weighted by Gasteiger charge is -2.31. The van der Waals surface area contributed by atoms with Gasteiger partial charge >= 0.3 is 0 Å². The van der Waals surface area contributed by atoms with Gasteiger partial charge in [-0.25, -0.2) is 0 Å². The van der Waals surface area contributed by atoms with E-state index in [1.807, 2.05) is 6.07 Å². The molecule has 1 heterocycles. The fraction of sp³-hybridized carbons (Fsp3) is 0.733. The van der Waals surface area contributed by atoms with Crippen LogP contribution in [0, 0.1) is 5.92 Å². The predicted molar refractivity (Wildman–Crippen MR) is 76.6 cm³/mol. The molecule has 0 aliphatic heterocycles. The molecule has 0 amide bonds. The van der Waals surface area contributed by atoms with Crippen LogP contribution in [0.1, 0.15) is 39.9 Å². The van der Waals surface area contributed by atoms with Gasteiger partial charge in [-0.05, 0) is 51.0 Å². The predicted octanol–water partition coefficient (Wildman–Crippen LogP) is 3.13. The standard InChI is InChI=1S/C15H28N2O/c1-5-9-16-11-13(3)14(4)17(6-2)12-15-8-7-10-18-15/h7-8,10,13-14,16H,5-6,9,11-12H2,1-4H3. The van der Waals surface area contributed by atoms with E-state index in [-0.39, 0.29) is 0 Å². The summed E-state index contributed by atoms with van der Waals surface area (Å²) in [6, 6.07) is 4.57. The lowest BCUT2D eigenvalue weighted by atomic mass is 10.0. The van der Waals surface area contributed by atoms with Crippen molar-refractivity contribution in [1.82, 2.24) is 10.2 Å². The number of nitrogens with one attached hydrogen (secondary N) is 1. The molecule has 18 heavy (non-hydrogen) atoms.